The zero-order valence-corrected chi connectivity index (χ0v) is 13.6. The number of ether oxygens (including phenoxy) is 1. The van der Waals surface area contributed by atoms with Gasteiger partial charge in [0.05, 0.1) is 23.0 Å². The van der Waals surface area contributed by atoms with Crippen molar-refractivity contribution >= 4 is 22.6 Å². The first-order valence-electron chi connectivity index (χ1n) is 7.89. The molecule has 0 unspecified atom stereocenters. The van der Waals surface area contributed by atoms with Gasteiger partial charge in [-0.15, -0.1) is 0 Å². The van der Waals surface area contributed by atoms with Crippen molar-refractivity contribution in [2.45, 2.75) is 25.4 Å². The summed E-state index contributed by atoms with van der Waals surface area (Å²) in [5.41, 5.74) is 2.89. The van der Waals surface area contributed by atoms with E-state index in [-0.39, 0.29) is 11.5 Å². The Morgan fingerprint density at radius 2 is 2.12 bits per heavy atom. The van der Waals surface area contributed by atoms with Crippen molar-refractivity contribution in [2.75, 3.05) is 12.4 Å². The molecule has 1 N–H and O–H groups in total. The fourth-order valence-corrected chi connectivity index (χ4v) is 3.02. The number of nitrogens with zero attached hydrogens (tertiary/aromatic N) is 3. The molecule has 0 spiro atoms. The number of anilines is 1. The Balaban J connectivity index is 1.79. The second kappa shape index (κ2) is 5.42. The Bertz CT molecular complexity index is 928. The summed E-state index contributed by atoms with van der Waals surface area (Å²) in [6.07, 6.45) is 5.58. The van der Waals surface area contributed by atoms with E-state index < -0.39 is 0 Å². The largest absolute Gasteiger partial charge is 0.374 e. The SMILES string of the molecule is COC1(c2cccc(-n3ncc4cnc(NC(C)=O)cc43)c2)CC1. The quantitative estimate of drug-likeness (QED) is 0.801. The molecule has 6 nitrogen and oxygen atoms in total. The van der Waals surface area contributed by atoms with Crippen LogP contribution in [0.3, 0.4) is 0 Å². The van der Waals surface area contributed by atoms with Crippen LogP contribution in [0.4, 0.5) is 5.82 Å². The topological polar surface area (TPSA) is 69.0 Å². The van der Waals surface area contributed by atoms with Crippen molar-refractivity contribution in [1.82, 2.24) is 14.8 Å². The van der Waals surface area contributed by atoms with Crippen LogP contribution in [0, 0.1) is 0 Å². The first-order valence-corrected chi connectivity index (χ1v) is 7.89. The highest BCUT2D eigenvalue weighted by Gasteiger charge is 2.44. The normalized spacial score (nSPS) is 15.4. The van der Waals surface area contributed by atoms with Crippen LogP contribution < -0.4 is 5.32 Å². The zero-order chi connectivity index (χ0) is 16.7. The van der Waals surface area contributed by atoms with Gasteiger partial charge in [-0.05, 0) is 30.5 Å². The van der Waals surface area contributed by atoms with Crippen LogP contribution in [0.1, 0.15) is 25.3 Å². The molecule has 0 atom stereocenters. The first kappa shape index (κ1) is 14.8. The van der Waals surface area contributed by atoms with Crippen LogP contribution in [0.5, 0.6) is 0 Å². The zero-order valence-electron chi connectivity index (χ0n) is 13.6. The summed E-state index contributed by atoms with van der Waals surface area (Å²) in [5, 5.41) is 8.11. The molecule has 1 fully saturated rings. The van der Waals surface area contributed by atoms with Gasteiger partial charge in [0.1, 0.15) is 5.82 Å². The molecule has 1 aromatic carbocycles. The molecule has 0 radical (unpaired) electrons. The molecule has 122 valence electrons. The fraction of sp³-hybridized carbons (Fsp3) is 0.278. The number of methoxy groups -OCH3 is 1. The maximum Gasteiger partial charge on any atom is 0.222 e. The minimum atomic E-state index is -0.148. The second-order valence-corrected chi connectivity index (χ2v) is 6.11. The number of hydrogen-bond donors (Lipinski definition) is 1. The van der Waals surface area contributed by atoms with Gasteiger partial charge >= 0.3 is 0 Å². The summed E-state index contributed by atoms with van der Waals surface area (Å²) < 4.78 is 7.53. The average Bonchev–Trinajstić information content (AvgIpc) is 3.28. The highest BCUT2D eigenvalue weighted by Crippen LogP contribution is 2.48. The van der Waals surface area contributed by atoms with Gasteiger partial charge in [-0.3, -0.25) is 4.79 Å². The van der Waals surface area contributed by atoms with Crippen LogP contribution in [-0.2, 0) is 15.1 Å². The molecule has 2 aromatic heterocycles. The Morgan fingerprint density at radius 3 is 2.83 bits per heavy atom. The third-order valence-corrected chi connectivity index (χ3v) is 4.47. The summed E-state index contributed by atoms with van der Waals surface area (Å²) in [6.45, 7) is 1.46. The molecular weight excluding hydrogens is 304 g/mol. The number of benzene rings is 1. The van der Waals surface area contributed by atoms with E-state index in [9.17, 15) is 4.79 Å². The van der Waals surface area contributed by atoms with Gasteiger partial charge in [-0.2, -0.15) is 5.10 Å². The third-order valence-electron chi connectivity index (χ3n) is 4.47. The van der Waals surface area contributed by atoms with Crippen molar-refractivity contribution in [1.29, 1.82) is 0 Å². The van der Waals surface area contributed by atoms with E-state index in [1.165, 1.54) is 12.5 Å². The van der Waals surface area contributed by atoms with Crippen LogP contribution in [0.2, 0.25) is 0 Å². The van der Waals surface area contributed by atoms with E-state index in [0.29, 0.717) is 5.82 Å². The van der Waals surface area contributed by atoms with E-state index >= 15 is 0 Å². The van der Waals surface area contributed by atoms with E-state index in [1.54, 1.807) is 19.5 Å². The minimum absolute atomic E-state index is 0.137. The number of amides is 1. The molecule has 1 amide bonds. The molecule has 4 rings (SSSR count). The fourth-order valence-electron chi connectivity index (χ4n) is 3.02. The molecule has 3 aromatic rings. The monoisotopic (exact) mass is 322 g/mol. The lowest BCUT2D eigenvalue weighted by molar-refractivity contribution is -0.114. The Morgan fingerprint density at radius 1 is 1.29 bits per heavy atom. The number of carbonyl (C=O) groups excluding carboxylic acids is 1. The Labute approximate surface area is 139 Å². The van der Waals surface area contributed by atoms with E-state index in [4.69, 9.17) is 4.74 Å². The maximum atomic E-state index is 11.3. The van der Waals surface area contributed by atoms with Crippen molar-refractivity contribution < 1.29 is 9.53 Å². The molecule has 1 aliphatic rings. The summed E-state index contributed by atoms with van der Waals surface area (Å²) in [7, 11) is 1.76. The van der Waals surface area contributed by atoms with Crippen LogP contribution in [-0.4, -0.2) is 27.8 Å². The predicted octanol–water partition coefficient (Wildman–Crippen LogP) is 3.01. The number of pyridine rings is 1. The highest BCUT2D eigenvalue weighted by molar-refractivity contribution is 5.90. The summed E-state index contributed by atoms with van der Waals surface area (Å²) in [5.74, 6) is 0.370. The Kier molecular flexibility index (Phi) is 3.35. The van der Waals surface area contributed by atoms with Gasteiger partial charge < -0.3 is 10.1 Å². The number of nitrogens with one attached hydrogen (secondary N) is 1. The highest BCUT2D eigenvalue weighted by atomic mass is 16.5. The van der Waals surface area contributed by atoms with Crippen molar-refractivity contribution in [3.05, 3.63) is 48.3 Å². The lowest BCUT2D eigenvalue weighted by Gasteiger charge is -2.15. The standard InChI is InChI=1S/C18H18N4O2/c1-12(23)21-17-9-16-13(10-19-17)11-20-22(16)15-5-3-4-14(8-15)18(24-2)6-7-18/h3-5,8-11H,6-7H2,1-2H3,(H,19,21,23). The lowest BCUT2D eigenvalue weighted by atomic mass is 10.1. The number of aromatic nitrogens is 3. The van der Waals surface area contributed by atoms with Gasteiger partial charge in [-0.25, -0.2) is 9.67 Å². The van der Waals surface area contributed by atoms with Crippen molar-refractivity contribution in [3.63, 3.8) is 0 Å². The molecule has 6 heteroatoms. The van der Waals surface area contributed by atoms with Crippen LogP contribution in [0.25, 0.3) is 16.6 Å². The van der Waals surface area contributed by atoms with Gasteiger partial charge in [0.15, 0.2) is 0 Å². The second-order valence-electron chi connectivity index (χ2n) is 6.11. The van der Waals surface area contributed by atoms with Crippen molar-refractivity contribution in [2.24, 2.45) is 0 Å². The molecule has 0 saturated heterocycles. The van der Waals surface area contributed by atoms with Gasteiger partial charge in [0.25, 0.3) is 0 Å². The van der Waals surface area contributed by atoms with Crippen LogP contribution >= 0.6 is 0 Å². The summed E-state index contributed by atoms with van der Waals surface area (Å²) in [4.78, 5) is 15.5. The number of carbonyl (C=O) groups is 1. The Hall–Kier alpha value is -2.73. The maximum absolute atomic E-state index is 11.3. The smallest absolute Gasteiger partial charge is 0.222 e. The van der Waals surface area contributed by atoms with Crippen LogP contribution in [0.15, 0.2) is 42.7 Å². The molecule has 1 saturated carbocycles. The minimum Gasteiger partial charge on any atom is -0.374 e. The first-order chi connectivity index (χ1) is 11.6. The third kappa shape index (κ3) is 2.45. The molecular formula is C18H18N4O2. The number of fused-ring (bicyclic) bond motifs is 1. The van der Waals surface area contributed by atoms with E-state index in [1.807, 2.05) is 22.9 Å². The molecule has 0 bridgehead atoms. The van der Waals surface area contributed by atoms with Crippen molar-refractivity contribution in [3.8, 4) is 5.69 Å². The summed E-state index contributed by atoms with van der Waals surface area (Å²) >= 11 is 0. The number of rotatable bonds is 4. The van der Waals surface area contributed by atoms with E-state index in [2.05, 4.69) is 27.5 Å². The molecule has 0 aliphatic heterocycles. The predicted molar refractivity (Wildman–Crippen MR) is 91.1 cm³/mol. The van der Waals surface area contributed by atoms with Gasteiger partial charge in [-0.1, -0.05) is 12.1 Å². The van der Waals surface area contributed by atoms with Gasteiger partial charge in [0, 0.05) is 31.7 Å². The molecule has 2 heterocycles. The lowest BCUT2D eigenvalue weighted by Crippen LogP contribution is -2.10. The van der Waals surface area contributed by atoms with E-state index in [0.717, 1.165) is 29.4 Å². The van der Waals surface area contributed by atoms with Gasteiger partial charge in [0.2, 0.25) is 5.91 Å². The molecule has 24 heavy (non-hydrogen) atoms. The summed E-state index contributed by atoms with van der Waals surface area (Å²) in [6, 6.07) is 10.1. The average molecular weight is 322 g/mol. The number of hydrogen-bond acceptors (Lipinski definition) is 4. The molecule has 1 aliphatic carbocycles.